The van der Waals surface area contributed by atoms with Crippen molar-refractivity contribution in [3.8, 4) is 0 Å². The van der Waals surface area contributed by atoms with Crippen molar-refractivity contribution in [2.45, 2.75) is 19.9 Å². The van der Waals surface area contributed by atoms with Gasteiger partial charge in [-0.15, -0.1) is 12.4 Å². The number of nitrogens with zero attached hydrogens (tertiary/aromatic N) is 3. The van der Waals surface area contributed by atoms with Crippen molar-refractivity contribution < 1.29 is 4.79 Å². The van der Waals surface area contributed by atoms with Gasteiger partial charge in [-0.3, -0.25) is 4.79 Å². The summed E-state index contributed by atoms with van der Waals surface area (Å²) in [5.74, 6) is 1.26. The zero-order valence-corrected chi connectivity index (χ0v) is 13.4. The normalized spacial score (nSPS) is 16.8. The minimum Gasteiger partial charge on any atom is -0.347 e. The Morgan fingerprint density at radius 3 is 2.82 bits per heavy atom. The lowest BCUT2D eigenvalue weighted by atomic mass is 10.0. The van der Waals surface area contributed by atoms with Crippen LogP contribution in [0.15, 0.2) is 36.7 Å². The number of hydrogen-bond donors (Lipinski definition) is 0. The lowest BCUT2D eigenvalue weighted by molar-refractivity contribution is 0.0926. The van der Waals surface area contributed by atoms with E-state index in [1.807, 2.05) is 25.3 Å². The van der Waals surface area contributed by atoms with Crippen LogP contribution in [0.1, 0.15) is 21.9 Å². The Bertz CT molecular complexity index is 862. The molecule has 0 N–H and O–H groups in total. The van der Waals surface area contributed by atoms with Crippen LogP contribution in [-0.2, 0) is 20.0 Å². The molecule has 0 spiro atoms. The predicted octanol–water partition coefficient (Wildman–Crippen LogP) is 3.16. The minimum absolute atomic E-state index is 0. The average molecular weight is 316 g/mol. The third-order valence-corrected chi connectivity index (χ3v) is 4.63. The number of rotatable bonds is 2. The van der Waals surface area contributed by atoms with Crippen LogP contribution in [0.3, 0.4) is 0 Å². The molecule has 1 atom stereocenters. The quantitative estimate of drug-likeness (QED) is 0.729. The average Bonchev–Trinajstić information content (AvgIpc) is 3.11. The Kier molecular flexibility index (Phi) is 3.57. The topological polar surface area (TPSA) is 39.8 Å². The highest BCUT2D eigenvalue weighted by molar-refractivity contribution is 6.12. The SMILES string of the molecule is Cc1nccn1CC1Cc2c(c3ccccc3n2C)C1=O.Cl. The van der Waals surface area contributed by atoms with Gasteiger partial charge < -0.3 is 9.13 Å². The molecule has 3 aromatic rings. The van der Waals surface area contributed by atoms with Crippen LogP contribution in [0.4, 0.5) is 0 Å². The number of benzene rings is 1. The van der Waals surface area contributed by atoms with E-state index in [1.54, 1.807) is 6.20 Å². The van der Waals surface area contributed by atoms with Crippen molar-refractivity contribution >= 4 is 29.1 Å². The van der Waals surface area contributed by atoms with Gasteiger partial charge in [-0.25, -0.2) is 4.98 Å². The van der Waals surface area contributed by atoms with Crippen LogP contribution >= 0.6 is 12.4 Å². The lowest BCUT2D eigenvalue weighted by Crippen LogP contribution is -2.17. The molecule has 4 nitrogen and oxygen atoms in total. The molecule has 1 aliphatic rings. The van der Waals surface area contributed by atoms with E-state index in [0.29, 0.717) is 6.54 Å². The number of carbonyl (C=O) groups is 1. The van der Waals surface area contributed by atoms with Gasteiger partial charge in [0.15, 0.2) is 5.78 Å². The molecule has 1 aromatic carbocycles. The van der Waals surface area contributed by atoms with Gasteiger partial charge in [-0.1, -0.05) is 18.2 Å². The summed E-state index contributed by atoms with van der Waals surface area (Å²) in [7, 11) is 2.05. The molecule has 2 aromatic heterocycles. The fourth-order valence-electron chi connectivity index (χ4n) is 3.47. The van der Waals surface area contributed by atoms with Crippen LogP contribution in [-0.4, -0.2) is 19.9 Å². The number of fused-ring (bicyclic) bond motifs is 3. The van der Waals surface area contributed by atoms with Crippen LogP contribution in [0, 0.1) is 12.8 Å². The number of carbonyl (C=O) groups excluding carboxylic acids is 1. The first-order valence-corrected chi connectivity index (χ1v) is 7.25. The molecule has 22 heavy (non-hydrogen) atoms. The summed E-state index contributed by atoms with van der Waals surface area (Å²) in [6.07, 6.45) is 4.55. The van der Waals surface area contributed by atoms with Crippen molar-refractivity contribution in [1.29, 1.82) is 0 Å². The van der Waals surface area contributed by atoms with Crippen molar-refractivity contribution in [2.75, 3.05) is 0 Å². The van der Waals surface area contributed by atoms with Gasteiger partial charge in [-0.2, -0.15) is 0 Å². The number of aromatic nitrogens is 3. The maximum absolute atomic E-state index is 12.8. The number of para-hydroxylation sites is 1. The van der Waals surface area contributed by atoms with Crippen LogP contribution in [0.2, 0.25) is 0 Å². The molecule has 114 valence electrons. The number of ketones is 1. The molecule has 0 radical (unpaired) electrons. The number of halogens is 1. The Labute approximate surface area is 135 Å². The first-order valence-electron chi connectivity index (χ1n) is 7.25. The van der Waals surface area contributed by atoms with Crippen molar-refractivity contribution in [3.63, 3.8) is 0 Å². The highest BCUT2D eigenvalue weighted by atomic mass is 35.5. The highest BCUT2D eigenvalue weighted by Crippen LogP contribution is 2.35. The molecule has 5 heteroatoms. The Hall–Kier alpha value is -2.07. The third-order valence-electron chi connectivity index (χ3n) is 4.63. The molecule has 1 unspecified atom stereocenters. The number of imidazole rings is 1. The van der Waals surface area contributed by atoms with Gasteiger partial charge in [0.2, 0.25) is 0 Å². The number of Topliss-reactive ketones (excluding diaryl/α,β-unsaturated/α-hetero) is 1. The first-order chi connectivity index (χ1) is 10.2. The van der Waals surface area contributed by atoms with E-state index in [-0.39, 0.29) is 24.1 Å². The summed E-state index contributed by atoms with van der Waals surface area (Å²) in [6.45, 7) is 2.69. The van der Waals surface area contributed by atoms with Crippen molar-refractivity contribution in [2.24, 2.45) is 13.0 Å². The first kappa shape index (κ1) is 14.9. The Morgan fingerprint density at radius 2 is 2.09 bits per heavy atom. The third kappa shape index (κ3) is 1.98. The lowest BCUT2D eigenvalue weighted by Gasteiger charge is -2.11. The highest BCUT2D eigenvalue weighted by Gasteiger charge is 2.35. The van der Waals surface area contributed by atoms with Gasteiger partial charge in [-0.05, 0) is 13.0 Å². The van der Waals surface area contributed by atoms with E-state index in [4.69, 9.17) is 0 Å². The van der Waals surface area contributed by atoms with E-state index < -0.39 is 0 Å². The molecular weight excluding hydrogens is 298 g/mol. The number of aryl methyl sites for hydroxylation is 2. The maximum Gasteiger partial charge on any atom is 0.170 e. The molecule has 0 aliphatic heterocycles. The monoisotopic (exact) mass is 315 g/mol. The molecule has 4 rings (SSSR count). The summed E-state index contributed by atoms with van der Waals surface area (Å²) in [5, 5.41) is 1.09. The molecule has 0 saturated heterocycles. The smallest absolute Gasteiger partial charge is 0.170 e. The van der Waals surface area contributed by atoms with Gasteiger partial charge >= 0.3 is 0 Å². The zero-order chi connectivity index (χ0) is 14.6. The fourth-order valence-corrected chi connectivity index (χ4v) is 3.47. The Balaban J connectivity index is 0.00000144. The van der Waals surface area contributed by atoms with E-state index in [2.05, 4.69) is 33.3 Å². The zero-order valence-electron chi connectivity index (χ0n) is 12.6. The summed E-state index contributed by atoms with van der Waals surface area (Å²) >= 11 is 0. The van der Waals surface area contributed by atoms with Gasteiger partial charge in [0, 0.05) is 60.5 Å². The van der Waals surface area contributed by atoms with E-state index in [0.717, 1.165) is 28.7 Å². The standard InChI is InChI=1S/C17H17N3O.ClH/c1-11-18-7-8-20(11)10-12-9-15-16(17(12)21)13-5-3-4-6-14(13)19(15)2;/h3-8,12H,9-10H2,1-2H3;1H. The minimum atomic E-state index is 0. The van der Waals surface area contributed by atoms with Gasteiger partial charge in [0.1, 0.15) is 5.82 Å². The predicted molar refractivity (Wildman–Crippen MR) is 88.7 cm³/mol. The second-order valence-electron chi connectivity index (χ2n) is 5.79. The maximum atomic E-state index is 12.8. The molecule has 0 saturated carbocycles. The van der Waals surface area contributed by atoms with E-state index >= 15 is 0 Å². The van der Waals surface area contributed by atoms with Crippen molar-refractivity contribution in [3.05, 3.63) is 53.7 Å². The summed E-state index contributed by atoms with van der Waals surface area (Å²) in [4.78, 5) is 17.0. The molecular formula is C17H18ClN3O. The van der Waals surface area contributed by atoms with Crippen molar-refractivity contribution in [1.82, 2.24) is 14.1 Å². The molecule has 0 fully saturated rings. The molecule has 2 heterocycles. The second-order valence-corrected chi connectivity index (χ2v) is 5.79. The molecule has 0 bridgehead atoms. The van der Waals surface area contributed by atoms with Gasteiger partial charge in [0.25, 0.3) is 0 Å². The largest absolute Gasteiger partial charge is 0.347 e. The second kappa shape index (κ2) is 5.29. The van der Waals surface area contributed by atoms with Crippen LogP contribution < -0.4 is 0 Å². The molecule has 0 amide bonds. The summed E-state index contributed by atoms with van der Waals surface area (Å²) < 4.78 is 4.24. The summed E-state index contributed by atoms with van der Waals surface area (Å²) in [5.41, 5.74) is 3.24. The summed E-state index contributed by atoms with van der Waals surface area (Å²) in [6, 6.07) is 8.16. The van der Waals surface area contributed by atoms with E-state index in [9.17, 15) is 4.79 Å². The Morgan fingerprint density at radius 1 is 1.32 bits per heavy atom. The fraction of sp³-hybridized carbons (Fsp3) is 0.294. The van der Waals surface area contributed by atoms with Crippen LogP contribution in [0.25, 0.3) is 10.9 Å². The molecule has 1 aliphatic carbocycles. The van der Waals surface area contributed by atoms with Gasteiger partial charge in [0.05, 0.1) is 0 Å². The number of hydrogen-bond acceptors (Lipinski definition) is 2. The van der Waals surface area contributed by atoms with Crippen LogP contribution in [0.5, 0.6) is 0 Å². The van der Waals surface area contributed by atoms with E-state index in [1.165, 1.54) is 5.69 Å².